The normalized spacial score (nSPS) is 11.4. The lowest BCUT2D eigenvalue weighted by molar-refractivity contribution is -0.141. The zero-order valence-electron chi connectivity index (χ0n) is 16.7. The zero-order valence-corrected chi connectivity index (χ0v) is 17.5. The molecule has 0 aromatic heterocycles. The van der Waals surface area contributed by atoms with Gasteiger partial charge in [-0.2, -0.15) is 0 Å². The summed E-state index contributed by atoms with van der Waals surface area (Å²) < 4.78 is 11.0. The van der Waals surface area contributed by atoms with E-state index in [1.807, 2.05) is 24.3 Å². The predicted molar refractivity (Wildman–Crippen MR) is 117 cm³/mol. The molecule has 1 amide bonds. The number of nitrogens with one attached hydrogen (secondary N) is 1. The minimum absolute atomic E-state index is 0.276. The quantitative estimate of drug-likeness (QED) is 0.401. The van der Waals surface area contributed by atoms with E-state index in [1.165, 1.54) is 5.56 Å². The highest BCUT2D eigenvalue weighted by Crippen LogP contribution is 2.18. The molecular formula is C24H22ClNO4. The first kappa shape index (κ1) is 21.4. The van der Waals surface area contributed by atoms with E-state index < -0.39 is 12.1 Å². The predicted octanol–water partition coefficient (Wildman–Crippen LogP) is 5.53. The number of aryl methyl sites for hydroxylation is 1. The van der Waals surface area contributed by atoms with Gasteiger partial charge in [0.15, 0.2) is 6.10 Å². The molecule has 0 saturated carbocycles. The molecule has 3 aromatic carbocycles. The molecule has 30 heavy (non-hydrogen) atoms. The molecule has 0 aliphatic heterocycles. The van der Waals surface area contributed by atoms with Crippen molar-refractivity contribution < 1.29 is 19.1 Å². The van der Waals surface area contributed by atoms with Crippen LogP contribution in [-0.2, 0) is 11.2 Å². The maximum absolute atomic E-state index is 12.3. The molecule has 1 N–H and O–H groups in total. The second-order valence-corrected chi connectivity index (χ2v) is 7.10. The largest absolute Gasteiger partial charge is 0.479 e. The van der Waals surface area contributed by atoms with Crippen molar-refractivity contribution >= 4 is 29.2 Å². The van der Waals surface area contributed by atoms with Crippen molar-refractivity contribution in [2.75, 3.05) is 5.32 Å². The Labute approximate surface area is 180 Å². The fourth-order valence-electron chi connectivity index (χ4n) is 2.67. The number of benzene rings is 3. The van der Waals surface area contributed by atoms with Crippen molar-refractivity contribution in [2.24, 2.45) is 0 Å². The second-order valence-electron chi connectivity index (χ2n) is 6.66. The molecule has 0 bridgehead atoms. The van der Waals surface area contributed by atoms with Crippen LogP contribution < -0.4 is 14.8 Å². The van der Waals surface area contributed by atoms with Gasteiger partial charge in [0.2, 0.25) is 0 Å². The van der Waals surface area contributed by atoms with Crippen molar-refractivity contribution in [3.63, 3.8) is 0 Å². The number of rotatable bonds is 7. The van der Waals surface area contributed by atoms with Gasteiger partial charge in [0, 0.05) is 16.3 Å². The van der Waals surface area contributed by atoms with E-state index in [2.05, 4.69) is 12.2 Å². The van der Waals surface area contributed by atoms with Gasteiger partial charge in [0.05, 0.1) is 0 Å². The first-order valence-corrected chi connectivity index (χ1v) is 9.96. The minimum atomic E-state index is -0.773. The van der Waals surface area contributed by atoms with Crippen molar-refractivity contribution in [3.05, 3.63) is 88.9 Å². The summed E-state index contributed by atoms with van der Waals surface area (Å²) in [5, 5.41) is 3.37. The fraction of sp³-hybridized carbons (Fsp3) is 0.167. The molecule has 3 rings (SSSR count). The van der Waals surface area contributed by atoms with E-state index in [0.29, 0.717) is 27.8 Å². The number of anilines is 1. The van der Waals surface area contributed by atoms with Gasteiger partial charge in [-0.25, -0.2) is 4.79 Å². The van der Waals surface area contributed by atoms with Gasteiger partial charge in [-0.3, -0.25) is 4.79 Å². The Balaban J connectivity index is 1.55. The SMILES string of the molecule is CCc1ccc(OC(C)C(=O)Oc2ccc(C(=O)Nc3ccc(Cl)cc3)cc2)cc1. The van der Waals surface area contributed by atoms with Crippen LogP contribution in [0.5, 0.6) is 11.5 Å². The van der Waals surface area contributed by atoms with Crippen molar-refractivity contribution in [3.8, 4) is 11.5 Å². The number of esters is 1. The number of ether oxygens (including phenoxy) is 2. The summed E-state index contributed by atoms with van der Waals surface area (Å²) in [7, 11) is 0. The maximum atomic E-state index is 12.3. The van der Waals surface area contributed by atoms with Gasteiger partial charge in [0.25, 0.3) is 5.91 Å². The summed E-state index contributed by atoms with van der Waals surface area (Å²) in [4.78, 5) is 24.6. The molecule has 1 unspecified atom stereocenters. The van der Waals surface area contributed by atoms with Crippen molar-refractivity contribution in [2.45, 2.75) is 26.4 Å². The van der Waals surface area contributed by atoms with E-state index in [4.69, 9.17) is 21.1 Å². The first-order valence-electron chi connectivity index (χ1n) is 9.59. The lowest BCUT2D eigenvalue weighted by Crippen LogP contribution is -2.28. The molecule has 5 nitrogen and oxygen atoms in total. The Morgan fingerprint density at radius 3 is 2.10 bits per heavy atom. The molecular weight excluding hydrogens is 402 g/mol. The Bertz CT molecular complexity index is 999. The smallest absolute Gasteiger partial charge is 0.352 e. The van der Waals surface area contributed by atoms with Crippen molar-refractivity contribution in [1.82, 2.24) is 0 Å². The van der Waals surface area contributed by atoms with E-state index in [0.717, 1.165) is 6.42 Å². The summed E-state index contributed by atoms with van der Waals surface area (Å²) in [5.74, 6) is 0.140. The lowest BCUT2D eigenvalue weighted by Gasteiger charge is -2.14. The van der Waals surface area contributed by atoms with Gasteiger partial charge in [0.1, 0.15) is 11.5 Å². The van der Waals surface area contributed by atoms with Crippen LogP contribution in [0.4, 0.5) is 5.69 Å². The van der Waals surface area contributed by atoms with Gasteiger partial charge < -0.3 is 14.8 Å². The lowest BCUT2D eigenvalue weighted by atomic mass is 10.2. The Kier molecular flexibility index (Phi) is 7.09. The third-order valence-electron chi connectivity index (χ3n) is 4.41. The highest BCUT2D eigenvalue weighted by Gasteiger charge is 2.17. The van der Waals surface area contributed by atoms with Gasteiger partial charge in [-0.05, 0) is 79.6 Å². The Morgan fingerprint density at radius 1 is 0.900 bits per heavy atom. The number of hydrogen-bond donors (Lipinski definition) is 1. The number of halogens is 1. The Hall–Kier alpha value is -3.31. The maximum Gasteiger partial charge on any atom is 0.352 e. The fourth-order valence-corrected chi connectivity index (χ4v) is 2.79. The number of carbonyl (C=O) groups is 2. The molecule has 154 valence electrons. The van der Waals surface area contributed by atoms with Gasteiger partial charge in [-0.15, -0.1) is 0 Å². The van der Waals surface area contributed by atoms with E-state index in [-0.39, 0.29) is 5.91 Å². The molecule has 0 aliphatic rings. The average molecular weight is 424 g/mol. The first-order chi connectivity index (χ1) is 14.4. The standard InChI is InChI=1S/C24H22ClNO4/c1-3-17-4-12-21(13-5-17)29-16(2)24(28)30-22-14-6-18(7-15-22)23(27)26-20-10-8-19(25)9-11-20/h4-16H,3H2,1-2H3,(H,26,27). The number of hydrogen-bond acceptors (Lipinski definition) is 4. The average Bonchev–Trinajstić information content (AvgIpc) is 2.76. The van der Waals surface area contributed by atoms with Crippen LogP contribution in [0.25, 0.3) is 0 Å². The highest BCUT2D eigenvalue weighted by atomic mass is 35.5. The molecule has 3 aromatic rings. The molecule has 0 fully saturated rings. The molecule has 0 spiro atoms. The van der Waals surface area contributed by atoms with E-state index in [1.54, 1.807) is 55.5 Å². The highest BCUT2D eigenvalue weighted by molar-refractivity contribution is 6.30. The third-order valence-corrected chi connectivity index (χ3v) is 4.67. The monoisotopic (exact) mass is 423 g/mol. The van der Waals surface area contributed by atoms with Crippen LogP contribution in [0.3, 0.4) is 0 Å². The van der Waals surface area contributed by atoms with Gasteiger partial charge in [-0.1, -0.05) is 30.7 Å². The van der Waals surface area contributed by atoms with Crippen molar-refractivity contribution in [1.29, 1.82) is 0 Å². The van der Waals surface area contributed by atoms with E-state index >= 15 is 0 Å². The summed E-state index contributed by atoms with van der Waals surface area (Å²) in [6.45, 7) is 3.70. The summed E-state index contributed by atoms with van der Waals surface area (Å²) in [6.07, 6.45) is 0.163. The summed E-state index contributed by atoms with van der Waals surface area (Å²) in [6, 6.07) is 20.7. The third kappa shape index (κ3) is 5.84. The van der Waals surface area contributed by atoms with Crippen LogP contribution in [0.1, 0.15) is 29.8 Å². The van der Waals surface area contributed by atoms with Crippen LogP contribution in [0.15, 0.2) is 72.8 Å². The number of carbonyl (C=O) groups excluding carboxylic acids is 2. The number of amides is 1. The topological polar surface area (TPSA) is 64.6 Å². The molecule has 1 atom stereocenters. The molecule has 0 aliphatic carbocycles. The van der Waals surface area contributed by atoms with Crippen LogP contribution in [0.2, 0.25) is 5.02 Å². The molecule has 0 radical (unpaired) electrons. The van der Waals surface area contributed by atoms with E-state index in [9.17, 15) is 9.59 Å². The van der Waals surface area contributed by atoms with Crippen LogP contribution in [-0.4, -0.2) is 18.0 Å². The Morgan fingerprint density at radius 2 is 1.50 bits per heavy atom. The van der Waals surface area contributed by atoms with Gasteiger partial charge >= 0.3 is 5.97 Å². The molecule has 0 saturated heterocycles. The zero-order chi connectivity index (χ0) is 21.5. The van der Waals surface area contributed by atoms with Crippen LogP contribution >= 0.6 is 11.6 Å². The second kappa shape index (κ2) is 9.94. The summed E-state index contributed by atoms with van der Waals surface area (Å²) >= 11 is 5.84. The van der Waals surface area contributed by atoms with Crippen LogP contribution in [0, 0.1) is 0 Å². The molecule has 6 heteroatoms. The molecule has 0 heterocycles. The minimum Gasteiger partial charge on any atom is -0.479 e. The summed E-state index contributed by atoms with van der Waals surface area (Å²) in [5.41, 5.74) is 2.26.